The molecule has 0 amide bonds. The summed E-state index contributed by atoms with van der Waals surface area (Å²) in [5, 5.41) is 0.189. The molecule has 1 aliphatic rings. The van der Waals surface area contributed by atoms with Crippen LogP contribution in [0.25, 0.3) is 0 Å². The molecule has 18 heavy (non-hydrogen) atoms. The maximum atomic E-state index is 11.9. The maximum absolute atomic E-state index is 11.9. The van der Waals surface area contributed by atoms with Gasteiger partial charge in [-0.3, -0.25) is 4.79 Å². The van der Waals surface area contributed by atoms with Crippen molar-refractivity contribution < 1.29 is 14.0 Å². The van der Waals surface area contributed by atoms with Gasteiger partial charge in [-0.25, -0.2) is 0 Å². The van der Waals surface area contributed by atoms with Crippen LogP contribution in [0.3, 0.4) is 0 Å². The Balaban J connectivity index is 2.69. The van der Waals surface area contributed by atoms with E-state index in [1.165, 1.54) is 0 Å². The van der Waals surface area contributed by atoms with Gasteiger partial charge in [0.15, 0.2) is 8.32 Å². The number of rotatable bonds is 4. The van der Waals surface area contributed by atoms with Crippen molar-refractivity contribution >= 4 is 14.3 Å². The van der Waals surface area contributed by atoms with E-state index in [4.69, 9.17) is 9.16 Å². The molecule has 0 radical (unpaired) electrons. The quantitative estimate of drug-likeness (QED) is 0.577. The first-order valence-corrected chi connectivity index (χ1v) is 9.94. The van der Waals surface area contributed by atoms with E-state index >= 15 is 0 Å². The molecule has 0 N–H and O–H groups in total. The highest BCUT2D eigenvalue weighted by atomic mass is 28.4. The summed E-state index contributed by atoms with van der Waals surface area (Å²) in [5.74, 6) is -0.113. The Morgan fingerprint density at radius 2 is 1.89 bits per heavy atom. The number of esters is 1. The number of carbonyl (C=O) groups excluding carboxylic acids is 1. The van der Waals surface area contributed by atoms with E-state index in [1.54, 1.807) is 0 Å². The zero-order valence-electron chi connectivity index (χ0n) is 12.7. The smallest absolute Gasteiger partial charge is 0.311 e. The normalized spacial score (nSPS) is 25.2. The van der Waals surface area contributed by atoms with Crippen LogP contribution in [-0.4, -0.2) is 27.0 Å². The molecule has 4 heteroatoms. The summed E-state index contributed by atoms with van der Waals surface area (Å²) in [4.78, 5) is 11.9. The minimum Gasteiger partial charge on any atom is -0.466 e. The highest BCUT2D eigenvalue weighted by Crippen LogP contribution is 2.41. The second-order valence-electron chi connectivity index (χ2n) is 6.71. The Kier molecular flexibility index (Phi) is 5.01. The number of hydrogen-bond acceptors (Lipinski definition) is 3. The summed E-state index contributed by atoms with van der Waals surface area (Å²) >= 11 is 0. The highest BCUT2D eigenvalue weighted by molar-refractivity contribution is 6.74. The van der Waals surface area contributed by atoms with Gasteiger partial charge < -0.3 is 9.16 Å². The van der Waals surface area contributed by atoms with Gasteiger partial charge in [0.1, 0.15) is 0 Å². The molecule has 2 atom stereocenters. The minimum atomic E-state index is -1.79. The van der Waals surface area contributed by atoms with Crippen LogP contribution >= 0.6 is 0 Å². The van der Waals surface area contributed by atoms with Crippen LogP contribution in [0.1, 0.15) is 47.0 Å². The molecule has 0 aliphatic heterocycles. The largest absolute Gasteiger partial charge is 0.466 e. The molecule has 1 fully saturated rings. The first-order chi connectivity index (χ1) is 8.19. The van der Waals surface area contributed by atoms with Gasteiger partial charge in [0.2, 0.25) is 0 Å². The van der Waals surface area contributed by atoms with Gasteiger partial charge in [0.05, 0.1) is 18.6 Å². The van der Waals surface area contributed by atoms with Crippen LogP contribution in [0.5, 0.6) is 0 Å². The van der Waals surface area contributed by atoms with Crippen LogP contribution in [0.15, 0.2) is 0 Å². The molecule has 0 aromatic carbocycles. The van der Waals surface area contributed by atoms with E-state index in [2.05, 4.69) is 33.9 Å². The molecule has 0 spiro atoms. The summed E-state index contributed by atoms with van der Waals surface area (Å²) in [7, 11) is -1.79. The molecule has 106 valence electrons. The van der Waals surface area contributed by atoms with Crippen molar-refractivity contribution in [3.05, 3.63) is 0 Å². The summed E-state index contributed by atoms with van der Waals surface area (Å²) in [6.07, 6.45) is 3.06. The van der Waals surface area contributed by atoms with Crippen molar-refractivity contribution in [1.29, 1.82) is 0 Å². The van der Waals surface area contributed by atoms with Crippen LogP contribution < -0.4 is 0 Å². The predicted octanol–water partition coefficient (Wildman–Crippen LogP) is 3.74. The van der Waals surface area contributed by atoms with Crippen molar-refractivity contribution in [3.63, 3.8) is 0 Å². The Morgan fingerprint density at radius 1 is 1.28 bits per heavy atom. The van der Waals surface area contributed by atoms with E-state index < -0.39 is 8.32 Å². The van der Waals surface area contributed by atoms with Crippen molar-refractivity contribution in [3.8, 4) is 0 Å². The molecule has 1 rings (SSSR count). The van der Waals surface area contributed by atoms with Crippen molar-refractivity contribution in [2.75, 3.05) is 6.61 Å². The summed E-state index contributed by atoms with van der Waals surface area (Å²) in [6.45, 7) is 13.5. The van der Waals surface area contributed by atoms with E-state index in [0.717, 1.165) is 19.3 Å². The second-order valence-corrected chi connectivity index (χ2v) is 11.5. The Labute approximate surface area is 112 Å². The van der Waals surface area contributed by atoms with Crippen LogP contribution in [-0.2, 0) is 14.0 Å². The van der Waals surface area contributed by atoms with Gasteiger partial charge in [-0.05, 0) is 44.3 Å². The fraction of sp³-hybridized carbons (Fsp3) is 0.929. The second kappa shape index (κ2) is 5.74. The van der Waals surface area contributed by atoms with E-state index in [1.807, 2.05) is 6.92 Å². The summed E-state index contributed by atoms with van der Waals surface area (Å²) in [5.41, 5.74) is 0. The van der Waals surface area contributed by atoms with Gasteiger partial charge >= 0.3 is 5.97 Å². The molecule has 0 bridgehead atoms. The molecule has 3 nitrogen and oxygen atoms in total. The zero-order chi connectivity index (χ0) is 14.0. The first kappa shape index (κ1) is 15.7. The predicted molar refractivity (Wildman–Crippen MR) is 76.0 cm³/mol. The number of hydrogen-bond donors (Lipinski definition) is 0. The van der Waals surface area contributed by atoms with Crippen LogP contribution in [0.4, 0.5) is 0 Å². The lowest BCUT2D eigenvalue weighted by molar-refractivity contribution is -0.150. The monoisotopic (exact) mass is 272 g/mol. The lowest BCUT2D eigenvalue weighted by atomic mass is 10.1. The SMILES string of the molecule is CCOC(=O)[C@@H]1CCCC1O[Si](C)(C)C(C)(C)C. The molecule has 1 unspecified atom stereocenters. The zero-order valence-corrected chi connectivity index (χ0v) is 13.7. The lowest BCUT2D eigenvalue weighted by Gasteiger charge is -2.39. The Morgan fingerprint density at radius 3 is 2.39 bits per heavy atom. The maximum Gasteiger partial charge on any atom is 0.311 e. The number of ether oxygens (including phenoxy) is 1. The van der Waals surface area contributed by atoms with E-state index in [0.29, 0.717) is 6.61 Å². The Hall–Kier alpha value is -0.353. The molecular formula is C14H28O3Si. The summed E-state index contributed by atoms with van der Waals surface area (Å²) < 4.78 is 11.5. The van der Waals surface area contributed by atoms with E-state index in [9.17, 15) is 4.79 Å². The van der Waals surface area contributed by atoms with Crippen molar-refractivity contribution in [2.45, 2.75) is 71.2 Å². The van der Waals surface area contributed by atoms with Crippen LogP contribution in [0.2, 0.25) is 18.1 Å². The van der Waals surface area contributed by atoms with E-state index in [-0.39, 0.29) is 23.0 Å². The third-order valence-electron chi connectivity index (χ3n) is 4.29. The molecule has 0 saturated heterocycles. The molecule has 0 aromatic heterocycles. The van der Waals surface area contributed by atoms with Gasteiger partial charge in [-0.1, -0.05) is 20.8 Å². The third-order valence-corrected chi connectivity index (χ3v) is 8.80. The highest BCUT2D eigenvalue weighted by Gasteiger charge is 2.43. The topological polar surface area (TPSA) is 35.5 Å². The van der Waals surface area contributed by atoms with Gasteiger partial charge in [0.25, 0.3) is 0 Å². The average Bonchev–Trinajstić information content (AvgIpc) is 2.63. The third kappa shape index (κ3) is 3.57. The minimum absolute atomic E-state index is 0.0425. The van der Waals surface area contributed by atoms with Gasteiger partial charge in [-0.15, -0.1) is 0 Å². The fourth-order valence-electron chi connectivity index (χ4n) is 2.14. The lowest BCUT2D eigenvalue weighted by Crippen LogP contribution is -2.45. The van der Waals surface area contributed by atoms with Crippen molar-refractivity contribution in [2.24, 2.45) is 5.92 Å². The fourth-order valence-corrected chi connectivity index (χ4v) is 3.53. The molecule has 0 heterocycles. The molecular weight excluding hydrogens is 244 g/mol. The summed E-state index contributed by atoms with van der Waals surface area (Å²) in [6, 6.07) is 0. The van der Waals surface area contributed by atoms with Crippen LogP contribution in [0, 0.1) is 5.92 Å². The number of carbonyl (C=O) groups is 1. The van der Waals surface area contributed by atoms with Gasteiger partial charge in [-0.2, -0.15) is 0 Å². The average molecular weight is 272 g/mol. The van der Waals surface area contributed by atoms with Gasteiger partial charge in [0, 0.05) is 0 Å². The molecule has 0 aromatic rings. The first-order valence-electron chi connectivity index (χ1n) is 7.03. The van der Waals surface area contributed by atoms with Crippen molar-refractivity contribution in [1.82, 2.24) is 0 Å². The molecule has 1 saturated carbocycles. The molecule has 1 aliphatic carbocycles. The standard InChI is InChI=1S/C14H28O3Si/c1-7-16-13(15)11-9-8-10-12(11)17-18(5,6)14(2,3)4/h11-12H,7-10H2,1-6H3/t11-,12?/m1/s1. The Bertz CT molecular complexity index is 294.